The van der Waals surface area contributed by atoms with Gasteiger partial charge in [0.1, 0.15) is 12.1 Å². The van der Waals surface area contributed by atoms with E-state index < -0.39 is 18.3 Å². The van der Waals surface area contributed by atoms with Gasteiger partial charge in [0.05, 0.1) is 12.3 Å². The van der Waals surface area contributed by atoms with E-state index in [1.807, 2.05) is 5.38 Å². The van der Waals surface area contributed by atoms with E-state index in [9.17, 15) is 14.4 Å². The SMILES string of the molecule is CCOC(=O)CC(=O)Nc1c(C)nc2scc(C)n2c1=O. The standard InChI is InChI=1S/C13H15N3O4S/c1-4-20-10(18)5-9(17)15-11-8(3)14-13-16(12(11)19)7(2)6-21-13/h6H,4-5H2,1-3H3,(H,15,17). The van der Waals surface area contributed by atoms with Crippen molar-refractivity contribution in [2.45, 2.75) is 27.2 Å². The molecule has 0 aromatic carbocycles. The lowest BCUT2D eigenvalue weighted by molar-refractivity contribution is -0.145. The minimum absolute atomic E-state index is 0.0864. The number of anilines is 1. The van der Waals surface area contributed by atoms with E-state index in [1.165, 1.54) is 15.7 Å². The highest BCUT2D eigenvalue weighted by Gasteiger charge is 2.17. The van der Waals surface area contributed by atoms with Gasteiger partial charge in [-0.15, -0.1) is 11.3 Å². The number of ether oxygens (including phenoxy) is 1. The average molecular weight is 309 g/mol. The number of esters is 1. The van der Waals surface area contributed by atoms with Crippen molar-refractivity contribution < 1.29 is 14.3 Å². The molecule has 0 atom stereocenters. The van der Waals surface area contributed by atoms with Crippen LogP contribution in [-0.2, 0) is 14.3 Å². The molecule has 2 rings (SSSR count). The van der Waals surface area contributed by atoms with Gasteiger partial charge in [-0.2, -0.15) is 0 Å². The van der Waals surface area contributed by atoms with Gasteiger partial charge in [0.2, 0.25) is 5.91 Å². The van der Waals surface area contributed by atoms with Crippen molar-refractivity contribution in [3.8, 4) is 0 Å². The molecule has 112 valence electrons. The predicted octanol–water partition coefficient (Wildman–Crippen LogP) is 1.26. The summed E-state index contributed by atoms with van der Waals surface area (Å²) in [6, 6.07) is 0. The first kappa shape index (κ1) is 15.2. The van der Waals surface area contributed by atoms with Crippen LogP contribution in [0.2, 0.25) is 0 Å². The Hall–Kier alpha value is -2.22. The van der Waals surface area contributed by atoms with Crippen LogP contribution < -0.4 is 10.9 Å². The van der Waals surface area contributed by atoms with Gasteiger partial charge in [-0.05, 0) is 20.8 Å². The normalized spacial score (nSPS) is 10.6. The van der Waals surface area contributed by atoms with Crippen molar-refractivity contribution in [3.05, 3.63) is 27.1 Å². The van der Waals surface area contributed by atoms with Gasteiger partial charge in [-0.1, -0.05) is 0 Å². The first-order valence-electron chi connectivity index (χ1n) is 6.37. The number of fused-ring (bicyclic) bond motifs is 1. The second kappa shape index (κ2) is 6.04. The molecular weight excluding hydrogens is 294 g/mol. The maximum Gasteiger partial charge on any atom is 0.315 e. The van der Waals surface area contributed by atoms with Crippen molar-refractivity contribution in [1.29, 1.82) is 0 Å². The number of rotatable bonds is 4. The minimum atomic E-state index is -0.631. The maximum absolute atomic E-state index is 12.4. The fourth-order valence-electron chi connectivity index (χ4n) is 1.85. The van der Waals surface area contributed by atoms with Crippen LogP contribution in [0.4, 0.5) is 5.69 Å². The number of nitrogens with one attached hydrogen (secondary N) is 1. The number of thiazole rings is 1. The zero-order chi connectivity index (χ0) is 15.6. The third-order valence-corrected chi connectivity index (χ3v) is 3.74. The topological polar surface area (TPSA) is 89.8 Å². The molecule has 8 heteroatoms. The highest BCUT2D eigenvalue weighted by Crippen LogP contribution is 2.15. The van der Waals surface area contributed by atoms with Crippen LogP contribution in [0.5, 0.6) is 0 Å². The van der Waals surface area contributed by atoms with Gasteiger partial charge in [0.25, 0.3) is 5.56 Å². The quantitative estimate of drug-likeness (QED) is 0.678. The van der Waals surface area contributed by atoms with Crippen LogP contribution in [0.1, 0.15) is 24.7 Å². The molecule has 7 nitrogen and oxygen atoms in total. The molecular formula is C13H15N3O4S. The molecule has 0 aliphatic rings. The zero-order valence-corrected chi connectivity index (χ0v) is 12.7. The number of hydrogen-bond acceptors (Lipinski definition) is 6. The van der Waals surface area contributed by atoms with Gasteiger partial charge < -0.3 is 10.1 Å². The molecule has 0 saturated heterocycles. The molecule has 0 aliphatic heterocycles. The summed E-state index contributed by atoms with van der Waals surface area (Å²) in [6.45, 7) is 5.28. The number of nitrogens with zero attached hydrogens (tertiary/aromatic N) is 2. The molecule has 0 saturated carbocycles. The van der Waals surface area contributed by atoms with E-state index in [4.69, 9.17) is 4.74 Å². The summed E-state index contributed by atoms with van der Waals surface area (Å²) in [4.78, 5) is 40.3. The second-order valence-corrected chi connectivity index (χ2v) is 5.24. The zero-order valence-electron chi connectivity index (χ0n) is 11.9. The van der Waals surface area contributed by atoms with Crippen molar-refractivity contribution in [2.24, 2.45) is 0 Å². The third kappa shape index (κ3) is 3.10. The van der Waals surface area contributed by atoms with E-state index in [-0.39, 0.29) is 17.9 Å². The van der Waals surface area contributed by atoms with Crippen molar-refractivity contribution in [3.63, 3.8) is 0 Å². The third-order valence-electron chi connectivity index (χ3n) is 2.80. The van der Waals surface area contributed by atoms with E-state index >= 15 is 0 Å². The summed E-state index contributed by atoms with van der Waals surface area (Å²) >= 11 is 1.35. The van der Waals surface area contributed by atoms with Crippen LogP contribution >= 0.6 is 11.3 Å². The molecule has 2 aromatic heterocycles. The Balaban J connectivity index is 2.30. The summed E-state index contributed by atoms with van der Waals surface area (Å²) in [5.41, 5.74) is 0.893. The van der Waals surface area contributed by atoms with Crippen LogP contribution in [-0.4, -0.2) is 27.9 Å². The van der Waals surface area contributed by atoms with E-state index in [0.717, 1.165) is 5.69 Å². The second-order valence-electron chi connectivity index (χ2n) is 4.40. The van der Waals surface area contributed by atoms with Crippen molar-refractivity contribution in [1.82, 2.24) is 9.38 Å². The Kier molecular flexibility index (Phi) is 4.37. The number of hydrogen-bond donors (Lipinski definition) is 1. The molecule has 1 amide bonds. The Bertz CT molecular complexity index is 763. The number of aromatic nitrogens is 2. The largest absolute Gasteiger partial charge is 0.466 e. The molecule has 0 fully saturated rings. The molecule has 2 heterocycles. The first-order chi connectivity index (χ1) is 9.93. The molecule has 0 spiro atoms. The fraction of sp³-hybridized carbons (Fsp3) is 0.385. The molecule has 21 heavy (non-hydrogen) atoms. The summed E-state index contributed by atoms with van der Waals surface area (Å²) in [5, 5.41) is 4.26. The lowest BCUT2D eigenvalue weighted by atomic mass is 10.3. The number of amides is 1. The van der Waals surface area contributed by atoms with E-state index in [0.29, 0.717) is 10.7 Å². The number of aryl methyl sites for hydroxylation is 2. The highest BCUT2D eigenvalue weighted by atomic mass is 32.1. The Morgan fingerprint density at radius 2 is 2.14 bits per heavy atom. The summed E-state index contributed by atoms with van der Waals surface area (Å²) in [5.74, 6) is -1.23. The Morgan fingerprint density at radius 3 is 2.81 bits per heavy atom. The van der Waals surface area contributed by atoms with Gasteiger partial charge in [-0.3, -0.25) is 18.8 Å². The fourth-order valence-corrected chi connectivity index (χ4v) is 2.76. The Labute approximate surface area is 124 Å². The summed E-state index contributed by atoms with van der Waals surface area (Å²) in [7, 11) is 0. The summed E-state index contributed by atoms with van der Waals surface area (Å²) < 4.78 is 6.12. The Morgan fingerprint density at radius 1 is 1.43 bits per heavy atom. The monoisotopic (exact) mass is 309 g/mol. The highest BCUT2D eigenvalue weighted by molar-refractivity contribution is 7.15. The molecule has 0 aliphatic carbocycles. The number of carbonyl (C=O) groups excluding carboxylic acids is 2. The van der Waals surface area contributed by atoms with Gasteiger partial charge in [0.15, 0.2) is 4.96 Å². The van der Waals surface area contributed by atoms with Gasteiger partial charge >= 0.3 is 5.97 Å². The average Bonchev–Trinajstić information content (AvgIpc) is 2.76. The molecule has 1 N–H and O–H groups in total. The molecule has 0 radical (unpaired) electrons. The van der Waals surface area contributed by atoms with E-state index in [1.54, 1.807) is 20.8 Å². The van der Waals surface area contributed by atoms with Gasteiger partial charge in [-0.25, -0.2) is 4.98 Å². The molecule has 2 aromatic rings. The van der Waals surface area contributed by atoms with Crippen LogP contribution in [0, 0.1) is 13.8 Å². The smallest absolute Gasteiger partial charge is 0.315 e. The first-order valence-corrected chi connectivity index (χ1v) is 7.25. The molecule has 0 bridgehead atoms. The lowest BCUT2D eigenvalue weighted by Crippen LogP contribution is -2.26. The van der Waals surface area contributed by atoms with E-state index in [2.05, 4.69) is 10.3 Å². The van der Waals surface area contributed by atoms with Crippen molar-refractivity contribution >= 4 is 33.9 Å². The van der Waals surface area contributed by atoms with Crippen LogP contribution in [0.25, 0.3) is 4.96 Å². The summed E-state index contributed by atoms with van der Waals surface area (Å²) in [6.07, 6.45) is -0.432. The lowest BCUT2D eigenvalue weighted by Gasteiger charge is -2.08. The maximum atomic E-state index is 12.4. The minimum Gasteiger partial charge on any atom is -0.466 e. The molecule has 0 unspecified atom stereocenters. The number of carbonyl (C=O) groups is 2. The van der Waals surface area contributed by atoms with Gasteiger partial charge in [0, 0.05) is 11.1 Å². The predicted molar refractivity (Wildman–Crippen MR) is 78.7 cm³/mol. The van der Waals surface area contributed by atoms with Crippen molar-refractivity contribution in [2.75, 3.05) is 11.9 Å². The van der Waals surface area contributed by atoms with Crippen LogP contribution in [0.3, 0.4) is 0 Å². The van der Waals surface area contributed by atoms with Crippen LogP contribution in [0.15, 0.2) is 10.2 Å².